The zero-order chi connectivity index (χ0) is 12.5. The van der Waals surface area contributed by atoms with Gasteiger partial charge in [-0.3, -0.25) is 4.79 Å². The average molecular weight is 307 g/mol. The van der Waals surface area contributed by atoms with Crippen LogP contribution in [0.25, 0.3) is 0 Å². The van der Waals surface area contributed by atoms with Crippen LogP contribution in [0.3, 0.4) is 0 Å². The summed E-state index contributed by atoms with van der Waals surface area (Å²) in [6, 6.07) is 7.46. The first kappa shape index (κ1) is 11.4. The second-order valence-corrected chi connectivity index (χ2v) is 5.00. The molecular formula is C12H11BrN4O. The fraction of sp³-hybridized carbons (Fsp3) is 0.250. The van der Waals surface area contributed by atoms with E-state index in [9.17, 15) is 4.79 Å². The minimum absolute atomic E-state index is 0.0247. The van der Waals surface area contributed by atoms with Crippen molar-refractivity contribution in [2.24, 2.45) is 0 Å². The second kappa shape index (κ2) is 4.53. The first-order valence-electron chi connectivity index (χ1n) is 5.66. The largest absolute Gasteiger partial charge is 0.329 e. The monoisotopic (exact) mass is 306 g/mol. The number of carbonyl (C=O) groups excluding carboxylic acids is 1. The van der Waals surface area contributed by atoms with Crippen LogP contribution in [0.1, 0.15) is 16.2 Å². The van der Waals surface area contributed by atoms with Gasteiger partial charge in [-0.15, -0.1) is 10.2 Å². The van der Waals surface area contributed by atoms with Crippen LogP contribution in [0.4, 0.5) is 0 Å². The van der Waals surface area contributed by atoms with Gasteiger partial charge in [-0.05, 0) is 28.1 Å². The van der Waals surface area contributed by atoms with E-state index in [4.69, 9.17) is 0 Å². The van der Waals surface area contributed by atoms with Crippen molar-refractivity contribution in [3.63, 3.8) is 0 Å². The van der Waals surface area contributed by atoms with Crippen LogP contribution in [0, 0.1) is 0 Å². The number of amides is 1. The van der Waals surface area contributed by atoms with Crippen LogP contribution in [-0.2, 0) is 13.1 Å². The van der Waals surface area contributed by atoms with Crippen molar-refractivity contribution in [1.82, 2.24) is 19.7 Å². The Kier molecular flexibility index (Phi) is 2.87. The highest BCUT2D eigenvalue weighted by molar-refractivity contribution is 9.10. The van der Waals surface area contributed by atoms with Gasteiger partial charge < -0.3 is 9.47 Å². The van der Waals surface area contributed by atoms with E-state index in [0.717, 1.165) is 16.8 Å². The third-order valence-electron chi connectivity index (χ3n) is 3.03. The van der Waals surface area contributed by atoms with Gasteiger partial charge in [0.25, 0.3) is 5.91 Å². The van der Waals surface area contributed by atoms with E-state index < -0.39 is 0 Å². The summed E-state index contributed by atoms with van der Waals surface area (Å²) >= 11 is 3.41. The Morgan fingerprint density at radius 2 is 2.11 bits per heavy atom. The Hall–Kier alpha value is -1.69. The lowest BCUT2D eigenvalue weighted by atomic mass is 10.2. The molecule has 1 aromatic carbocycles. The lowest BCUT2D eigenvalue weighted by Crippen LogP contribution is -2.38. The second-order valence-electron chi connectivity index (χ2n) is 4.15. The lowest BCUT2D eigenvalue weighted by Gasteiger charge is -2.27. The summed E-state index contributed by atoms with van der Waals surface area (Å²) < 4.78 is 2.80. The van der Waals surface area contributed by atoms with E-state index in [1.165, 1.54) is 0 Å². The van der Waals surface area contributed by atoms with Crippen molar-refractivity contribution < 1.29 is 4.79 Å². The molecule has 1 aliphatic heterocycles. The Morgan fingerprint density at radius 3 is 2.94 bits per heavy atom. The van der Waals surface area contributed by atoms with Gasteiger partial charge >= 0.3 is 0 Å². The SMILES string of the molecule is O=C(c1ccccc1Br)N1CCn2cnnc2C1. The highest BCUT2D eigenvalue weighted by atomic mass is 79.9. The van der Waals surface area contributed by atoms with E-state index in [0.29, 0.717) is 18.7 Å². The summed E-state index contributed by atoms with van der Waals surface area (Å²) in [6.45, 7) is 1.95. The maximum absolute atomic E-state index is 12.4. The van der Waals surface area contributed by atoms with E-state index in [2.05, 4.69) is 26.1 Å². The van der Waals surface area contributed by atoms with Gasteiger partial charge in [-0.1, -0.05) is 12.1 Å². The molecule has 0 bridgehead atoms. The molecule has 0 atom stereocenters. The number of halogens is 1. The molecule has 2 heterocycles. The number of fused-ring (bicyclic) bond motifs is 1. The predicted octanol–water partition coefficient (Wildman–Crippen LogP) is 1.70. The summed E-state index contributed by atoms with van der Waals surface area (Å²) in [4.78, 5) is 14.2. The smallest absolute Gasteiger partial charge is 0.255 e. The minimum atomic E-state index is 0.0247. The molecule has 0 N–H and O–H groups in total. The molecule has 0 unspecified atom stereocenters. The summed E-state index contributed by atoms with van der Waals surface area (Å²) in [6.07, 6.45) is 1.70. The van der Waals surface area contributed by atoms with Crippen molar-refractivity contribution in [1.29, 1.82) is 0 Å². The van der Waals surface area contributed by atoms with Crippen LogP contribution in [0.15, 0.2) is 35.1 Å². The molecule has 0 radical (unpaired) electrons. The van der Waals surface area contributed by atoms with Gasteiger partial charge in [-0.25, -0.2) is 0 Å². The van der Waals surface area contributed by atoms with Gasteiger partial charge in [0.2, 0.25) is 0 Å². The average Bonchev–Trinajstić information content (AvgIpc) is 2.85. The maximum Gasteiger partial charge on any atom is 0.255 e. The van der Waals surface area contributed by atoms with E-state index in [1.54, 1.807) is 11.2 Å². The summed E-state index contributed by atoms with van der Waals surface area (Å²) in [7, 11) is 0. The molecular weight excluding hydrogens is 296 g/mol. The van der Waals surface area contributed by atoms with Crippen molar-refractivity contribution >= 4 is 21.8 Å². The Balaban J connectivity index is 1.85. The van der Waals surface area contributed by atoms with Crippen molar-refractivity contribution in [3.8, 4) is 0 Å². The molecule has 0 fully saturated rings. The highest BCUT2D eigenvalue weighted by Crippen LogP contribution is 2.20. The molecule has 1 amide bonds. The summed E-state index contributed by atoms with van der Waals surface area (Å²) in [5.41, 5.74) is 0.686. The summed E-state index contributed by atoms with van der Waals surface area (Å²) in [5, 5.41) is 7.87. The molecule has 6 heteroatoms. The van der Waals surface area contributed by atoms with Gasteiger partial charge in [0.1, 0.15) is 6.33 Å². The van der Waals surface area contributed by atoms with Gasteiger partial charge in [0.15, 0.2) is 5.82 Å². The highest BCUT2D eigenvalue weighted by Gasteiger charge is 2.23. The van der Waals surface area contributed by atoms with Gasteiger partial charge in [0, 0.05) is 17.6 Å². The van der Waals surface area contributed by atoms with Gasteiger partial charge in [-0.2, -0.15) is 0 Å². The molecule has 1 aliphatic rings. The number of benzene rings is 1. The predicted molar refractivity (Wildman–Crippen MR) is 68.9 cm³/mol. The molecule has 0 saturated heterocycles. The Labute approximate surface area is 113 Å². The third-order valence-corrected chi connectivity index (χ3v) is 3.72. The molecule has 0 saturated carbocycles. The molecule has 3 rings (SSSR count). The fourth-order valence-electron chi connectivity index (χ4n) is 2.04. The molecule has 18 heavy (non-hydrogen) atoms. The van der Waals surface area contributed by atoms with Crippen LogP contribution in [-0.4, -0.2) is 32.1 Å². The van der Waals surface area contributed by atoms with Crippen molar-refractivity contribution in [2.45, 2.75) is 13.1 Å². The normalized spacial score (nSPS) is 14.4. The lowest BCUT2D eigenvalue weighted by molar-refractivity contribution is 0.0706. The first-order chi connectivity index (χ1) is 8.75. The van der Waals surface area contributed by atoms with Crippen LogP contribution in [0.5, 0.6) is 0 Å². The van der Waals surface area contributed by atoms with Crippen molar-refractivity contribution in [3.05, 3.63) is 46.5 Å². The zero-order valence-corrected chi connectivity index (χ0v) is 11.2. The number of nitrogens with zero attached hydrogens (tertiary/aromatic N) is 4. The molecule has 2 aromatic rings. The molecule has 0 aliphatic carbocycles. The topological polar surface area (TPSA) is 51.0 Å². The van der Waals surface area contributed by atoms with E-state index >= 15 is 0 Å². The number of hydrogen-bond acceptors (Lipinski definition) is 3. The number of aromatic nitrogens is 3. The quantitative estimate of drug-likeness (QED) is 0.806. The standard InChI is InChI=1S/C12H11BrN4O/c13-10-4-2-1-3-9(10)12(18)16-5-6-17-8-14-15-11(17)7-16/h1-4,8H,5-7H2. The number of hydrogen-bond donors (Lipinski definition) is 0. The van der Waals surface area contributed by atoms with Crippen LogP contribution < -0.4 is 0 Å². The minimum Gasteiger partial charge on any atom is -0.329 e. The number of carbonyl (C=O) groups is 1. The van der Waals surface area contributed by atoms with Crippen LogP contribution >= 0.6 is 15.9 Å². The molecule has 5 nitrogen and oxygen atoms in total. The molecule has 1 aromatic heterocycles. The van der Waals surface area contributed by atoms with Gasteiger partial charge in [0.05, 0.1) is 12.1 Å². The Bertz CT molecular complexity index is 595. The van der Waals surface area contributed by atoms with E-state index in [-0.39, 0.29) is 5.91 Å². The molecule has 92 valence electrons. The van der Waals surface area contributed by atoms with Crippen molar-refractivity contribution in [2.75, 3.05) is 6.54 Å². The zero-order valence-electron chi connectivity index (χ0n) is 9.58. The first-order valence-corrected chi connectivity index (χ1v) is 6.45. The number of rotatable bonds is 1. The third kappa shape index (κ3) is 1.92. The summed E-state index contributed by atoms with van der Waals surface area (Å²) in [5.74, 6) is 0.860. The van der Waals surface area contributed by atoms with E-state index in [1.807, 2.05) is 28.8 Å². The molecule has 0 spiro atoms. The fourth-order valence-corrected chi connectivity index (χ4v) is 2.50. The maximum atomic E-state index is 12.4. The van der Waals surface area contributed by atoms with Crippen LogP contribution in [0.2, 0.25) is 0 Å². The Morgan fingerprint density at radius 1 is 1.28 bits per heavy atom.